The zero-order valence-electron chi connectivity index (χ0n) is 11.2. The van der Waals surface area contributed by atoms with E-state index in [1.807, 2.05) is 6.07 Å². The van der Waals surface area contributed by atoms with E-state index in [1.165, 1.54) is 23.1 Å². The van der Waals surface area contributed by atoms with Crippen LogP contribution in [-0.2, 0) is 0 Å². The molecule has 17 heavy (non-hydrogen) atoms. The van der Waals surface area contributed by atoms with Crippen molar-refractivity contribution in [3.8, 4) is 0 Å². The van der Waals surface area contributed by atoms with Gasteiger partial charge in [0.1, 0.15) is 0 Å². The van der Waals surface area contributed by atoms with Crippen LogP contribution in [0.25, 0.3) is 5.57 Å². The molecule has 0 aliphatic rings. The minimum absolute atomic E-state index is 0.690. The van der Waals surface area contributed by atoms with Gasteiger partial charge in [-0.25, -0.2) is 0 Å². The van der Waals surface area contributed by atoms with E-state index in [2.05, 4.69) is 51.3 Å². The number of rotatable bonds is 7. The van der Waals surface area contributed by atoms with Crippen molar-refractivity contribution in [1.29, 1.82) is 0 Å². The summed E-state index contributed by atoms with van der Waals surface area (Å²) in [6, 6.07) is 10.5. The first-order valence-corrected chi connectivity index (χ1v) is 6.57. The van der Waals surface area contributed by atoms with E-state index in [9.17, 15) is 0 Å². The van der Waals surface area contributed by atoms with Crippen LogP contribution >= 0.6 is 0 Å². The van der Waals surface area contributed by atoms with Gasteiger partial charge in [-0.15, -0.1) is 0 Å². The Morgan fingerprint density at radius 1 is 1.06 bits per heavy atom. The smallest absolute Gasteiger partial charge is 0.0230 e. The summed E-state index contributed by atoms with van der Waals surface area (Å²) in [6.45, 7) is 12.8. The van der Waals surface area contributed by atoms with Crippen molar-refractivity contribution in [2.24, 2.45) is 5.92 Å². The predicted octanol–water partition coefficient (Wildman–Crippen LogP) is 5.47. The van der Waals surface area contributed by atoms with E-state index in [0.717, 1.165) is 19.3 Å². The standard InChI is InChI=1S/C17H24/c1-5-14(3)12-16(6-2)13-15(4)17-10-8-7-9-11-17/h7-11,16H,3-6,12-13H2,1-2H3. The number of hydrogen-bond donors (Lipinski definition) is 0. The Bertz CT molecular complexity index is 359. The Hall–Kier alpha value is -1.30. The van der Waals surface area contributed by atoms with Crippen molar-refractivity contribution in [1.82, 2.24) is 0 Å². The molecule has 0 N–H and O–H groups in total. The van der Waals surface area contributed by atoms with E-state index in [-0.39, 0.29) is 0 Å². The lowest BCUT2D eigenvalue weighted by Crippen LogP contribution is -2.01. The predicted molar refractivity (Wildman–Crippen MR) is 77.9 cm³/mol. The lowest BCUT2D eigenvalue weighted by Gasteiger charge is -2.17. The van der Waals surface area contributed by atoms with Crippen LogP contribution < -0.4 is 0 Å². The third kappa shape index (κ3) is 4.60. The molecule has 92 valence electrons. The monoisotopic (exact) mass is 228 g/mol. The van der Waals surface area contributed by atoms with Gasteiger partial charge in [-0.2, -0.15) is 0 Å². The first-order valence-electron chi connectivity index (χ1n) is 6.57. The van der Waals surface area contributed by atoms with Gasteiger partial charge in [-0.05, 0) is 36.3 Å². The van der Waals surface area contributed by atoms with Crippen molar-refractivity contribution in [3.05, 3.63) is 54.6 Å². The molecule has 0 spiro atoms. The van der Waals surface area contributed by atoms with Crippen LogP contribution in [0.5, 0.6) is 0 Å². The highest BCUT2D eigenvalue weighted by atomic mass is 14.2. The van der Waals surface area contributed by atoms with E-state index in [0.29, 0.717) is 5.92 Å². The van der Waals surface area contributed by atoms with Gasteiger partial charge >= 0.3 is 0 Å². The first kappa shape index (κ1) is 13.8. The molecule has 0 fully saturated rings. The molecule has 0 saturated carbocycles. The van der Waals surface area contributed by atoms with Crippen molar-refractivity contribution in [2.45, 2.75) is 39.5 Å². The van der Waals surface area contributed by atoms with Gasteiger partial charge in [0.05, 0.1) is 0 Å². The van der Waals surface area contributed by atoms with Gasteiger partial charge in [0, 0.05) is 0 Å². The van der Waals surface area contributed by atoms with Crippen molar-refractivity contribution in [2.75, 3.05) is 0 Å². The fraction of sp³-hybridized carbons (Fsp3) is 0.412. The van der Waals surface area contributed by atoms with Gasteiger partial charge in [0.15, 0.2) is 0 Å². The van der Waals surface area contributed by atoms with Crippen LogP contribution in [0.15, 0.2) is 49.1 Å². The lowest BCUT2D eigenvalue weighted by atomic mass is 9.88. The summed E-state index contributed by atoms with van der Waals surface area (Å²) in [6.07, 6.45) is 4.51. The fourth-order valence-electron chi connectivity index (χ4n) is 2.05. The Morgan fingerprint density at radius 2 is 1.71 bits per heavy atom. The summed E-state index contributed by atoms with van der Waals surface area (Å²) in [5, 5.41) is 0. The Kier molecular flexibility index (Phi) is 5.76. The number of allylic oxidation sites excluding steroid dienone is 2. The minimum atomic E-state index is 0.690. The zero-order chi connectivity index (χ0) is 12.7. The van der Waals surface area contributed by atoms with Gasteiger partial charge in [0.25, 0.3) is 0 Å². The van der Waals surface area contributed by atoms with E-state index in [1.54, 1.807) is 0 Å². The van der Waals surface area contributed by atoms with Gasteiger partial charge in [-0.3, -0.25) is 0 Å². The number of hydrogen-bond acceptors (Lipinski definition) is 0. The second-order valence-corrected chi connectivity index (χ2v) is 4.76. The summed E-state index contributed by atoms with van der Waals surface area (Å²) in [7, 11) is 0. The van der Waals surface area contributed by atoms with Crippen LogP contribution in [0.1, 0.15) is 45.1 Å². The summed E-state index contributed by atoms with van der Waals surface area (Å²) in [5.74, 6) is 0.690. The molecule has 1 rings (SSSR count). The molecular formula is C17H24. The van der Waals surface area contributed by atoms with Crippen LogP contribution in [0.2, 0.25) is 0 Å². The maximum atomic E-state index is 4.22. The van der Waals surface area contributed by atoms with E-state index in [4.69, 9.17) is 0 Å². The molecule has 0 heteroatoms. The van der Waals surface area contributed by atoms with Crippen molar-refractivity contribution < 1.29 is 0 Å². The zero-order valence-corrected chi connectivity index (χ0v) is 11.2. The summed E-state index contributed by atoms with van der Waals surface area (Å²) < 4.78 is 0. The lowest BCUT2D eigenvalue weighted by molar-refractivity contribution is 0.513. The molecule has 1 aromatic carbocycles. The number of benzene rings is 1. The Balaban J connectivity index is 2.57. The highest BCUT2D eigenvalue weighted by Crippen LogP contribution is 2.27. The molecular weight excluding hydrogens is 204 g/mol. The van der Waals surface area contributed by atoms with Gasteiger partial charge in [-0.1, -0.05) is 69.3 Å². The molecule has 0 aliphatic carbocycles. The van der Waals surface area contributed by atoms with Crippen LogP contribution in [-0.4, -0.2) is 0 Å². The highest BCUT2D eigenvalue weighted by molar-refractivity contribution is 5.63. The Morgan fingerprint density at radius 3 is 2.24 bits per heavy atom. The first-order chi connectivity index (χ1) is 8.17. The summed E-state index contributed by atoms with van der Waals surface area (Å²) >= 11 is 0. The van der Waals surface area contributed by atoms with E-state index >= 15 is 0 Å². The molecule has 0 nitrogen and oxygen atoms in total. The van der Waals surface area contributed by atoms with Gasteiger partial charge < -0.3 is 0 Å². The Labute approximate surface area is 106 Å². The summed E-state index contributed by atoms with van der Waals surface area (Å²) in [5.41, 5.74) is 3.88. The van der Waals surface area contributed by atoms with Crippen LogP contribution in [0.4, 0.5) is 0 Å². The highest BCUT2D eigenvalue weighted by Gasteiger charge is 2.10. The third-order valence-electron chi connectivity index (χ3n) is 3.37. The summed E-state index contributed by atoms with van der Waals surface area (Å²) in [4.78, 5) is 0. The van der Waals surface area contributed by atoms with Crippen LogP contribution in [0.3, 0.4) is 0 Å². The maximum Gasteiger partial charge on any atom is -0.0230 e. The second kappa shape index (κ2) is 7.11. The normalized spacial score (nSPS) is 12.1. The molecule has 0 radical (unpaired) electrons. The second-order valence-electron chi connectivity index (χ2n) is 4.76. The van der Waals surface area contributed by atoms with Gasteiger partial charge in [0.2, 0.25) is 0 Å². The van der Waals surface area contributed by atoms with E-state index < -0.39 is 0 Å². The molecule has 0 heterocycles. The fourth-order valence-corrected chi connectivity index (χ4v) is 2.05. The SMILES string of the molecule is C=C(CC)CC(CC)CC(=C)c1ccccc1. The van der Waals surface area contributed by atoms with Crippen molar-refractivity contribution in [3.63, 3.8) is 0 Å². The molecule has 0 aliphatic heterocycles. The largest absolute Gasteiger partial charge is 0.0999 e. The molecule has 0 bridgehead atoms. The molecule has 1 aromatic rings. The maximum absolute atomic E-state index is 4.22. The topological polar surface area (TPSA) is 0 Å². The van der Waals surface area contributed by atoms with Crippen LogP contribution in [0, 0.1) is 5.92 Å². The average Bonchev–Trinajstić information content (AvgIpc) is 2.38. The molecule has 0 aromatic heterocycles. The molecule has 1 atom stereocenters. The third-order valence-corrected chi connectivity index (χ3v) is 3.37. The molecule has 0 amide bonds. The average molecular weight is 228 g/mol. The van der Waals surface area contributed by atoms with Crippen molar-refractivity contribution >= 4 is 5.57 Å². The quantitative estimate of drug-likeness (QED) is 0.543. The minimum Gasteiger partial charge on any atom is -0.0999 e. The molecule has 1 unspecified atom stereocenters. The molecule has 0 saturated heterocycles.